The van der Waals surface area contributed by atoms with Gasteiger partial charge in [0, 0.05) is 33.9 Å². The van der Waals surface area contributed by atoms with E-state index in [1.165, 1.54) is 0 Å². The lowest BCUT2D eigenvalue weighted by Gasteiger charge is -2.39. The number of halogens is 1. The summed E-state index contributed by atoms with van der Waals surface area (Å²) in [6.45, 7) is 4.17. The van der Waals surface area contributed by atoms with Crippen LogP contribution < -0.4 is 20.0 Å². The molecule has 2 fully saturated rings. The third-order valence-electron chi connectivity index (χ3n) is 9.14. The van der Waals surface area contributed by atoms with Crippen molar-refractivity contribution in [3.63, 3.8) is 0 Å². The number of rotatable bonds is 8. The number of carbonyl (C=O) groups is 2. The van der Waals surface area contributed by atoms with E-state index in [1.54, 1.807) is 23.1 Å². The monoisotopic (exact) mass is 644 g/mol. The maximum Gasteiger partial charge on any atom is 0.264 e. The predicted molar refractivity (Wildman–Crippen MR) is 172 cm³/mol. The average molecular weight is 646 g/mol. The lowest BCUT2D eigenvalue weighted by molar-refractivity contribution is -0.139. The van der Waals surface area contributed by atoms with E-state index in [0.29, 0.717) is 24.3 Å². The van der Waals surface area contributed by atoms with E-state index in [1.807, 2.05) is 66.4 Å². The summed E-state index contributed by atoms with van der Waals surface area (Å²) in [5.41, 5.74) is 1.68. The molecule has 0 saturated carbocycles. The van der Waals surface area contributed by atoms with Crippen LogP contribution in [0.4, 0.5) is 17.1 Å². The molecule has 224 valence electrons. The highest BCUT2D eigenvalue weighted by molar-refractivity contribution is 9.10. The fourth-order valence-electron chi connectivity index (χ4n) is 6.72. The zero-order chi connectivity index (χ0) is 30.2. The van der Waals surface area contributed by atoms with Crippen molar-refractivity contribution in [2.45, 2.75) is 43.9 Å². The Morgan fingerprint density at radius 3 is 2.40 bits per heavy atom. The SMILES string of the molecule is C[C@@H](/C=C/CCO)[C@]1(O)C(=O)N(Cc2ccc(N3CN(c4ccccc4)C4(CCNCC4)C3=O)cc2)c2ccc(Br)cc21. The number of anilines is 3. The van der Waals surface area contributed by atoms with Crippen molar-refractivity contribution in [3.8, 4) is 0 Å². The minimum atomic E-state index is -1.73. The molecule has 8 nitrogen and oxygen atoms in total. The first-order valence-corrected chi connectivity index (χ1v) is 15.6. The van der Waals surface area contributed by atoms with E-state index in [-0.39, 0.29) is 25.0 Å². The molecule has 3 aliphatic heterocycles. The second kappa shape index (κ2) is 11.9. The van der Waals surface area contributed by atoms with Crippen molar-refractivity contribution in [1.29, 1.82) is 0 Å². The second-order valence-electron chi connectivity index (χ2n) is 11.6. The van der Waals surface area contributed by atoms with Gasteiger partial charge in [-0.05, 0) is 80.4 Å². The number of hydrogen-bond acceptors (Lipinski definition) is 6. The van der Waals surface area contributed by atoms with Crippen LogP contribution in [0.5, 0.6) is 0 Å². The first-order valence-electron chi connectivity index (χ1n) is 14.9. The average Bonchev–Trinajstić information content (AvgIpc) is 3.42. The number of piperidine rings is 1. The molecular weight excluding hydrogens is 608 g/mol. The molecule has 1 spiro atoms. The van der Waals surface area contributed by atoms with Gasteiger partial charge >= 0.3 is 0 Å². The summed E-state index contributed by atoms with van der Waals surface area (Å²) in [6.07, 6.45) is 5.53. The topological polar surface area (TPSA) is 96.3 Å². The molecule has 0 aliphatic carbocycles. The maximum absolute atomic E-state index is 14.0. The first-order chi connectivity index (χ1) is 20.8. The van der Waals surface area contributed by atoms with Crippen LogP contribution in [-0.2, 0) is 21.7 Å². The van der Waals surface area contributed by atoms with Crippen molar-refractivity contribution < 1.29 is 19.8 Å². The van der Waals surface area contributed by atoms with Crippen LogP contribution in [0.25, 0.3) is 0 Å². The number of nitrogens with zero attached hydrogens (tertiary/aromatic N) is 3. The molecule has 0 aromatic heterocycles. The van der Waals surface area contributed by atoms with Crippen molar-refractivity contribution >= 4 is 44.8 Å². The predicted octanol–water partition coefficient (Wildman–Crippen LogP) is 4.69. The molecule has 0 unspecified atom stereocenters. The van der Waals surface area contributed by atoms with E-state index in [9.17, 15) is 19.8 Å². The second-order valence-corrected chi connectivity index (χ2v) is 12.6. The van der Waals surface area contributed by atoms with Gasteiger partial charge in [0.2, 0.25) is 0 Å². The molecule has 43 heavy (non-hydrogen) atoms. The van der Waals surface area contributed by atoms with Crippen LogP contribution >= 0.6 is 15.9 Å². The number of para-hydroxylation sites is 1. The number of carbonyl (C=O) groups excluding carboxylic acids is 2. The summed E-state index contributed by atoms with van der Waals surface area (Å²) in [6, 6.07) is 23.5. The van der Waals surface area contributed by atoms with Gasteiger partial charge in [0.1, 0.15) is 5.54 Å². The third kappa shape index (κ3) is 5.08. The zero-order valence-electron chi connectivity index (χ0n) is 24.2. The van der Waals surface area contributed by atoms with Gasteiger partial charge in [0.25, 0.3) is 11.8 Å². The fourth-order valence-corrected chi connectivity index (χ4v) is 7.08. The summed E-state index contributed by atoms with van der Waals surface area (Å²) in [7, 11) is 0. The number of aliphatic hydroxyl groups is 2. The third-order valence-corrected chi connectivity index (χ3v) is 9.63. The minimum Gasteiger partial charge on any atom is -0.396 e. The fraction of sp³-hybridized carbons (Fsp3) is 0.353. The molecule has 9 heteroatoms. The van der Waals surface area contributed by atoms with Gasteiger partial charge in [-0.3, -0.25) is 14.5 Å². The van der Waals surface area contributed by atoms with Crippen LogP contribution in [0.3, 0.4) is 0 Å². The van der Waals surface area contributed by atoms with E-state index in [4.69, 9.17) is 0 Å². The van der Waals surface area contributed by atoms with Crippen molar-refractivity contribution in [3.05, 3.63) is 101 Å². The number of nitrogens with one attached hydrogen (secondary N) is 1. The van der Waals surface area contributed by atoms with Crippen molar-refractivity contribution in [2.24, 2.45) is 5.92 Å². The van der Waals surface area contributed by atoms with Crippen LogP contribution in [0.15, 0.2) is 89.4 Å². The molecule has 3 aromatic carbocycles. The molecule has 3 aliphatic rings. The first kappa shape index (κ1) is 29.6. The van der Waals surface area contributed by atoms with Gasteiger partial charge in [0.15, 0.2) is 5.60 Å². The molecule has 3 aromatic rings. The van der Waals surface area contributed by atoms with Crippen molar-refractivity contribution in [1.82, 2.24) is 5.32 Å². The standard InChI is InChI=1S/C34H37BrN4O4/c1-24(7-5-6-20-40)34(43)29-21-26(35)12-15-30(29)37(32(34)42)22-25-10-13-27(14-11-25)38-23-39(28-8-3-2-4-9-28)33(31(38)41)16-18-36-19-17-33/h2-5,7-15,21,24,36,40,43H,6,16-20,22-23H2,1H3/b7-5+/t24-,34+/m0/s1. The van der Waals surface area contributed by atoms with E-state index in [2.05, 4.69) is 38.3 Å². The number of benzene rings is 3. The molecule has 0 radical (unpaired) electrons. The highest BCUT2D eigenvalue weighted by Gasteiger charge is 2.54. The number of amides is 2. The highest BCUT2D eigenvalue weighted by atomic mass is 79.9. The zero-order valence-corrected chi connectivity index (χ0v) is 25.8. The lowest BCUT2D eigenvalue weighted by atomic mass is 9.83. The Hall–Kier alpha value is -3.50. The minimum absolute atomic E-state index is 0.00531. The van der Waals surface area contributed by atoms with Gasteiger partial charge in [-0.15, -0.1) is 0 Å². The number of fused-ring (bicyclic) bond motifs is 1. The van der Waals surface area contributed by atoms with Crippen LogP contribution in [0.2, 0.25) is 0 Å². The molecule has 3 N–H and O–H groups in total. The van der Waals surface area contributed by atoms with E-state index < -0.39 is 17.1 Å². The Bertz CT molecular complexity index is 1520. The van der Waals surface area contributed by atoms with Crippen molar-refractivity contribution in [2.75, 3.05) is 41.1 Å². The van der Waals surface area contributed by atoms with Gasteiger partial charge in [-0.25, -0.2) is 0 Å². The molecular formula is C34H37BrN4O4. The van der Waals surface area contributed by atoms with Gasteiger partial charge in [-0.1, -0.05) is 65.3 Å². The Labute approximate surface area is 260 Å². The lowest BCUT2D eigenvalue weighted by Crippen LogP contribution is -2.55. The molecule has 2 amide bonds. The van der Waals surface area contributed by atoms with Gasteiger partial charge < -0.3 is 25.3 Å². The Kier molecular flexibility index (Phi) is 8.17. The maximum atomic E-state index is 14.0. The normalized spacial score (nSPS) is 22.2. The van der Waals surface area contributed by atoms with Crippen LogP contribution in [0, 0.1) is 5.92 Å². The quantitative estimate of drug-likeness (QED) is 0.308. The Morgan fingerprint density at radius 1 is 0.977 bits per heavy atom. The molecule has 3 heterocycles. The highest BCUT2D eigenvalue weighted by Crippen LogP contribution is 2.47. The summed E-state index contributed by atoms with van der Waals surface area (Å²) in [5.74, 6) is -0.761. The van der Waals surface area contributed by atoms with Gasteiger partial charge in [-0.2, -0.15) is 0 Å². The van der Waals surface area contributed by atoms with E-state index >= 15 is 0 Å². The largest absolute Gasteiger partial charge is 0.396 e. The summed E-state index contributed by atoms with van der Waals surface area (Å²) in [4.78, 5) is 33.6. The smallest absolute Gasteiger partial charge is 0.264 e. The summed E-state index contributed by atoms with van der Waals surface area (Å²) >= 11 is 3.50. The number of aliphatic hydroxyl groups excluding tert-OH is 1. The van der Waals surface area contributed by atoms with Gasteiger partial charge in [0.05, 0.1) is 18.9 Å². The molecule has 6 rings (SSSR count). The summed E-state index contributed by atoms with van der Waals surface area (Å²) in [5, 5.41) is 24.4. The van der Waals surface area contributed by atoms with E-state index in [0.717, 1.165) is 47.3 Å². The summed E-state index contributed by atoms with van der Waals surface area (Å²) < 4.78 is 0.779. The van der Waals surface area contributed by atoms with Crippen LogP contribution in [-0.4, -0.2) is 53.9 Å². The Morgan fingerprint density at radius 2 is 1.70 bits per heavy atom. The Balaban J connectivity index is 1.26. The molecule has 0 bridgehead atoms. The van der Waals surface area contributed by atoms with Crippen LogP contribution in [0.1, 0.15) is 37.3 Å². The number of hydrogen-bond donors (Lipinski definition) is 3. The molecule has 2 saturated heterocycles. The molecule has 2 atom stereocenters.